The fraction of sp³-hybridized carbons (Fsp3) is 0.250. The number of rotatable bonds is 5. The molecule has 6 heteroatoms. The number of nitrogens with one attached hydrogen (secondary N) is 3. The van der Waals surface area contributed by atoms with Gasteiger partial charge in [-0.15, -0.1) is 0 Å². The van der Waals surface area contributed by atoms with Crippen LogP contribution in [0.4, 0.5) is 5.69 Å². The third-order valence-electron chi connectivity index (χ3n) is 5.61. The SMILES string of the molecule is Cc1ccc(NC(=O)C(=O)NC[C@@H](c2ccco2)[NH+]2CCc3ccccc3C2)cc1. The molecule has 3 N–H and O–H groups in total. The van der Waals surface area contributed by atoms with Crippen LogP contribution < -0.4 is 15.5 Å². The third-order valence-corrected chi connectivity index (χ3v) is 5.61. The van der Waals surface area contributed by atoms with Crippen LogP contribution in [0.25, 0.3) is 0 Å². The zero-order chi connectivity index (χ0) is 20.9. The van der Waals surface area contributed by atoms with Crippen LogP contribution in [0.2, 0.25) is 0 Å². The van der Waals surface area contributed by atoms with Crippen molar-refractivity contribution in [3.63, 3.8) is 0 Å². The van der Waals surface area contributed by atoms with Crippen molar-refractivity contribution >= 4 is 17.5 Å². The number of benzene rings is 2. The summed E-state index contributed by atoms with van der Waals surface area (Å²) in [6.45, 7) is 4.08. The average Bonchev–Trinajstić information content (AvgIpc) is 3.30. The standard InChI is InChI=1S/C24H25N3O3/c1-17-8-10-20(11-9-17)26-24(29)23(28)25-15-21(22-7-4-14-30-22)27-13-12-18-5-2-3-6-19(18)16-27/h2-11,14,21H,12-13,15-16H2,1H3,(H,25,28)(H,26,29)/p+1/t21-/m0/s1. The fourth-order valence-corrected chi connectivity index (χ4v) is 3.93. The monoisotopic (exact) mass is 404 g/mol. The summed E-state index contributed by atoms with van der Waals surface area (Å²) in [6, 6.07) is 19.5. The number of anilines is 1. The number of amides is 2. The Bertz CT molecular complexity index is 1010. The van der Waals surface area contributed by atoms with Crippen molar-refractivity contribution in [3.8, 4) is 0 Å². The van der Waals surface area contributed by atoms with E-state index in [-0.39, 0.29) is 6.04 Å². The smallest absolute Gasteiger partial charge is 0.313 e. The minimum atomic E-state index is -0.670. The van der Waals surface area contributed by atoms with Gasteiger partial charge in [-0.05, 0) is 36.8 Å². The zero-order valence-corrected chi connectivity index (χ0v) is 17.0. The highest BCUT2D eigenvalue weighted by atomic mass is 16.3. The molecule has 154 valence electrons. The van der Waals surface area contributed by atoms with E-state index in [4.69, 9.17) is 4.42 Å². The number of carbonyl (C=O) groups excluding carboxylic acids is 2. The fourth-order valence-electron chi connectivity index (χ4n) is 3.93. The summed E-state index contributed by atoms with van der Waals surface area (Å²) in [6.07, 6.45) is 2.62. The van der Waals surface area contributed by atoms with E-state index in [1.807, 2.05) is 31.2 Å². The van der Waals surface area contributed by atoms with E-state index in [1.165, 1.54) is 16.0 Å². The van der Waals surface area contributed by atoms with E-state index in [0.29, 0.717) is 12.2 Å². The van der Waals surface area contributed by atoms with Crippen LogP contribution in [-0.2, 0) is 22.6 Å². The van der Waals surface area contributed by atoms with Gasteiger partial charge in [0.05, 0.1) is 19.4 Å². The normalized spacial score (nSPS) is 16.4. The number of fused-ring (bicyclic) bond motifs is 1. The van der Waals surface area contributed by atoms with Gasteiger partial charge >= 0.3 is 11.8 Å². The Balaban J connectivity index is 1.41. The largest absolute Gasteiger partial charge is 0.463 e. The highest BCUT2D eigenvalue weighted by Gasteiger charge is 2.31. The molecule has 0 saturated heterocycles. The summed E-state index contributed by atoms with van der Waals surface area (Å²) >= 11 is 0. The highest BCUT2D eigenvalue weighted by molar-refractivity contribution is 6.39. The lowest BCUT2D eigenvalue weighted by Gasteiger charge is -2.31. The van der Waals surface area contributed by atoms with Gasteiger partial charge in [-0.1, -0.05) is 42.0 Å². The molecule has 0 bridgehead atoms. The van der Waals surface area contributed by atoms with Crippen LogP contribution in [0.15, 0.2) is 71.3 Å². The summed E-state index contributed by atoms with van der Waals surface area (Å²) in [5, 5.41) is 5.43. The summed E-state index contributed by atoms with van der Waals surface area (Å²) in [7, 11) is 0. The van der Waals surface area contributed by atoms with Crippen LogP contribution in [-0.4, -0.2) is 24.9 Å². The van der Waals surface area contributed by atoms with Crippen LogP contribution in [0.5, 0.6) is 0 Å². The first-order valence-electron chi connectivity index (χ1n) is 10.2. The van der Waals surface area contributed by atoms with Crippen molar-refractivity contribution in [1.82, 2.24) is 5.32 Å². The Morgan fingerprint density at radius 2 is 1.77 bits per heavy atom. The van der Waals surface area contributed by atoms with Crippen LogP contribution in [0.1, 0.15) is 28.5 Å². The van der Waals surface area contributed by atoms with Gasteiger partial charge in [0.2, 0.25) is 0 Å². The molecule has 2 atom stereocenters. The van der Waals surface area contributed by atoms with Crippen LogP contribution in [0.3, 0.4) is 0 Å². The Hall–Kier alpha value is -3.38. The van der Waals surface area contributed by atoms with Gasteiger partial charge in [0.25, 0.3) is 0 Å². The summed E-state index contributed by atoms with van der Waals surface area (Å²) in [5.41, 5.74) is 4.38. The predicted molar refractivity (Wildman–Crippen MR) is 114 cm³/mol. The van der Waals surface area contributed by atoms with Crippen molar-refractivity contribution in [2.24, 2.45) is 0 Å². The Kier molecular flexibility index (Phi) is 5.95. The number of aryl methyl sites for hydroxylation is 1. The molecule has 30 heavy (non-hydrogen) atoms. The average molecular weight is 404 g/mol. The van der Waals surface area contributed by atoms with Gasteiger partial charge in [0, 0.05) is 17.7 Å². The second-order valence-corrected chi connectivity index (χ2v) is 7.70. The number of hydrogen-bond donors (Lipinski definition) is 3. The first kappa shape index (κ1) is 19.9. The lowest BCUT2D eigenvalue weighted by Crippen LogP contribution is -3.12. The van der Waals surface area contributed by atoms with E-state index >= 15 is 0 Å². The van der Waals surface area contributed by atoms with Crippen molar-refractivity contribution in [2.45, 2.75) is 25.9 Å². The van der Waals surface area contributed by atoms with Gasteiger partial charge in [-0.2, -0.15) is 0 Å². The van der Waals surface area contributed by atoms with Gasteiger partial charge < -0.3 is 20.0 Å². The van der Waals surface area contributed by atoms with E-state index in [9.17, 15) is 9.59 Å². The van der Waals surface area contributed by atoms with Crippen molar-refractivity contribution < 1.29 is 18.9 Å². The molecule has 0 saturated carbocycles. The third kappa shape index (κ3) is 4.60. The van der Waals surface area contributed by atoms with Crippen molar-refractivity contribution in [2.75, 3.05) is 18.4 Å². The predicted octanol–water partition coefficient (Wildman–Crippen LogP) is 2.03. The molecule has 1 unspecified atom stereocenters. The molecular weight excluding hydrogens is 378 g/mol. The highest BCUT2D eigenvalue weighted by Crippen LogP contribution is 2.15. The van der Waals surface area contributed by atoms with Gasteiger partial charge in [-0.3, -0.25) is 9.59 Å². The van der Waals surface area contributed by atoms with E-state index < -0.39 is 11.8 Å². The van der Waals surface area contributed by atoms with Gasteiger partial charge in [-0.25, -0.2) is 0 Å². The number of furan rings is 1. The van der Waals surface area contributed by atoms with Crippen molar-refractivity contribution in [1.29, 1.82) is 0 Å². The molecule has 0 aliphatic carbocycles. The molecule has 6 nitrogen and oxygen atoms in total. The molecule has 1 aliphatic rings. The summed E-state index contributed by atoms with van der Waals surface area (Å²) in [5.74, 6) is -0.511. The maximum Gasteiger partial charge on any atom is 0.313 e. The molecule has 2 aromatic carbocycles. The molecule has 4 rings (SSSR count). The van der Waals surface area contributed by atoms with E-state index in [1.54, 1.807) is 18.4 Å². The van der Waals surface area contributed by atoms with Gasteiger partial charge in [0.15, 0.2) is 11.8 Å². The molecule has 0 radical (unpaired) electrons. The minimum absolute atomic E-state index is 0.0653. The quantitative estimate of drug-likeness (QED) is 0.570. The van der Waals surface area contributed by atoms with E-state index in [0.717, 1.165) is 30.8 Å². The second-order valence-electron chi connectivity index (χ2n) is 7.70. The Labute approximate surface area is 175 Å². The molecule has 0 spiro atoms. The molecule has 3 aromatic rings. The first-order valence-corrected chi connectivity index (χ1v) is 10.2. The number of hydrogen-bond acceptors (Lipinski definition) is 3. The molecular formula is C24H26N3O3+. The summed E-state index contributed by atoms with van der Waals surface area (Å²) < 4.78 is 5.66. The topological polar surface area (TPSA) is 75.8 Å². The van der Waals surface area contributed by atoms with Crippen molar-refractivity contribution in [3.05, 3.63) is 89.4 Å². The first-order chi connectivity index (χ1) is 14.6. The minimum Gasteiger partial charge on any atom is -0.463 e. The Morgan fingerprint density at radius 1 is 1.00 bits per heavy atom. The summed E-state index contributed by atoms with van der Waals surface area (Å²) in [4.78, 5) is 26.0. The Morgan fingerprint density at radius 3 is 2.50 bits per heavy atom. The number of carbonyl (C=O) groups is 2. The van der Waals surface area contributed by atoms with Gasteiger partial charge in [0.1, 0.15) is 6.54 Å². The van der Waals surface area contributed by atoms with Crippen LogP contribution in [0, 0.1) is 6.92 Å². The maximum atomic E-state index is 12.4. The molecule has 1 aromatic heterocycles. The van der Waals surface area contributed by atoms with E-state index in [2.05, 4.69) is 34.9 Å². The van der Waals surface area contributed by atoms with Crippen LogP contribution >= 0.6 is 0 Å². The molecule has 2 heterocycles. The molecule has 0 fully saturated rings. The number of quaternary nitrogens is 1. The molecule has 2 amide bonds. The maximum absolute atomic E-state index is 12.4. The lowest BCUT2D eigenvalue weighted by molar-refractivity contribution is -0.946. The molecule has 1 aliphatic heterocycles. The lowest BCUT2D eigenvalue weighted by atomic mass is 9.98. The second kappa shape index (κ2) is 8.97. The zero-order valence-electron chi connectivity index (χ0n) is 17.0.